The van der Waals surface area contributed by atoms with Crippen LogP contribution in [0.5, 0.6) is 0 Å². The lowest BCUT2D eigenvalue weighted by Crippen LogP contribution is -2.48. The first-order valence-electron chi connectivity index (χ1n) is 9.49. The number of amides is 2. The maximum Gasteiger partial charge on any atom is 0.255 e. The minimum Gasteiger partial charge on any atom is -0.353 e. The summed E-state index contributed by atoms with van der Waals surface area (Å²) >= 11 is 6.09. The summed E-state index contributed by atoms with van der Waals surface area (Å²) in [5.74, 6) is -1.41. The normalized spacial score (nSPS) is 13.9. The summed E-state index contributed by atoms with van der Waals surface area (Å²) in [6.07, 6.45) is 6.50. The summed E-state index contributed by atoms with van der Waals surface area (Å²) in [7, 11) is 0. The maximum atomic E-state index is 14.5. The molecular weight excluding hydrogens is 423 g/mol. The van der Waals surface area contributed by atoms with Crippen LogP contribution in [0.15, 0.2) is 55.2 Å². The van der Waals surface area contributed by atoms with Gasteiger partial charge in [0.2, 0.25) is 5.91 Å². The van der Waals surface area contributed by atoms with E-state index in [-0.39, 0.29) is 17.8 Å². The van der Waals surface area contributed by atoms with Gasteiger partial charge in [0, 0.05) is 18.5 Å². The number of nitrogens with one attached hydrogen (secondary N) is 3. The molecule has 1 saturated carbocycles. The molecule has 3 aromatic rings. The van der Waals surface area contributed by atoms with Crippen LogP contribution in [0, 0.1) is 5.82 Å². The number of rotatable bonds is 7. The van der Waals surface area contributed by atoms with Crippen molar-refractivity contribution < 1.29 is 14.0 Å². The molecule has 0 saturated heterocycles. The average Bonchev–Trinajstić information content (AvgIpc) is 3.56. The number of benzene rings is 1. The Labute approximate surface area is 182 Å². The molecule has 2 amide bonds. The molecule has 0 aliphatic heterocycles. The van der Waals surface area contributed by atoms with Gasteiger partial charge in [0.1, 0.15) is 17.7 Å². The third-order valence-corrected chi connectivity index (χ3v) is 5.18. The summed E-state index contributed by atoms with van der Waals surface area (Å²) in [5.41, 5.74) is 0.389. The number of anilines is 2. The van der Waals surface area contributed by atoms with Crippen molar-refractivity contribution in [3.63, 3.8) is 0 Å². The van der Waals surface area contributed by atoms with Crippen LogP contribution in [-0.2, 0) is 11.3 Å². The van der Waals surface area contributed by atoms with E-state index in [1.165, 1.54) is 31.0 Å². The van der Waals surface area contributed by atoms with E-state index < -0.39 is 23.2 Å². The fraction of sp³-hybridized carbons (Fsp3) is 0.190. The highest BCUT2D eigenvalue weighted by atomic mass is 35.5. The van der Waals surface area contributed by atoms with Gasteiger partial charge in [-0.25, -0.2) is 14.4 Å². The Hall–Kier alpha value is -3.59. The van der Waals surface area contributed by atoms with Crippen molar-refractivity contribution >= 4 is 34.8 Å². The zero-order valence-electron chi connectivity index (χ0n) is 16.2. The third-order valence-electron chi connectivity index (χ3n) is 4.85. The van der Waals surface area contributed by atoms with Crippen LogP contribution < -0.4 is 16.0 Å². The van der Waals surface area contributed by atoms with E-state index in [2.05, 4.69) is 30.9 Å². The van der Waals surface area contributed by atoms with E-state index in [1.54, 1.807) is 24.3 Å². The first-order chi connectivity index (χ1) is 15.0. The van der Waals surface area contributed by atoms with Crippen LogP contribution in [-0.4, -0.2) is 32.3 Å². The Kier molecular flexibility index (Phi) is 5.77. The summed E-state index contributed by atoms with van der Waals surface area (Å²) in [6, 6.07) is 8.36. The van der Waals surface area contributed by atoms with Crippen LogP contribution in [0.1, 0.15) is 28.9 Å². The molecule has 0 atom stereocenters. The van der Waals surface area contributed by atoms with Gasteiger partial charge in [-0.1, -0.05) is 23.7 Å². The molecule has 0 radical (unpaired) electrons. The van der Waals surface area contributed by atoms with Gasteiger partial charge in [-0.2, -0.15) is 0 Å². The van der Waals surface area contributed by atoms with Crippen molar-refractivity contribution in [1.29, 1.82) is 0 Å². The molecule has 1 aliphatic carbocycles. The predicted molar refractivity (Wildman–Crippen MR) is 112 cm³/mol. The lowest BCUT2D eigenvalue weighted by molar-refractivity contribution is -0.124. The standard InChI is InChI=1S/C21H18ClFN6O2/c22-15-3-1-2-4-17(15)28-14-7-16(23)18(26-10-14)11-27-20(31)21(5-6-21)29-19(30)13-8-24-12-25-9-13/h1-4,7-10,12,28H,5-6,11H2,(H,27,31)(H,29,30). The van der Waals surface area contributed by atoms with Gasteiger partial charge in [-0.05, 0) is 25.0 Å². The molecule has 8 nitrogen and oxygen atoms in total. The van der Waals surface area contributed by atoms with E-state index in [9.17, 15) is 14.0 Å². The number of aromatic nitrogens is 3. The van der Waals surface area contributed by atoms with Gasteiger partial charge < -0.3 is 16.0 Å². The second-order valence-electron chi connectivity index (χ2n) is 7.10. The monoisotopic (exact) mass is 440 g/mol. The van der Waals surface area contributed by atoms with Crippen molar-refractivity contribution in [3.05, 3.63) is 77.3 Å². The molecule has 2 aromatic heterocycles. The lowest BCUT2D eigenvalue weighted by Gasteiger charge is -2.17. The highest BCUT2D eigenvalue weighted by molar-refractivity contribution is 6.33. The topological polar surface area (TPSA) is 109 Å². The second kappa shape index (κ2) is 8.65. The molecular formula is C21H18ClFN6O2. The number of hydrogen-bond acceptors (Lipinski definition) is 6. The Morgan fingerprint density at radius 1 is 1.13 bits per heavy atom. The minimum atomic E-state index is -1.01. The summed E-state index contributed by atoms with van der Waals surface area (Å²) in [5, 5.41) is 8.85. The smallest absolute Gasteiger partial charge is 0.255 e. The van der Waals surface area contributed by atoms with E-state index in [1.807, 2.05) is 0 Å². The van der Waals surface area contributed by atoms with Crippen LogP contribution >= 0.6 is 11.6 Å². The lowest BCUT2D eigenvalue weighted by atomic mass is 10.2. The number of carbonyl (C=O) groups excluding carboxylic acids is 2. The molecule has 0 bridgehead atoms. The first-order valence-corrected chi connectivity index (χ1v) is 9.86. The summed E-state index contributed by atoms with van der Waals surface area (Å²) in [6.45, 7) is -0.108. The molecule has 1 aliphatic rings. The van der Waals surface area contributed by atoms with Gasteiger partial charge in [0.15, 0.2) is 0 Å². The van der Waals surface area contributed by atoms with Crippen molar-refractivity contribution in [2.45, 2.75) is 24.9 Å². The first kappa shape index (κ1) is 20.7. The van der Waals surface area contributed by atoms with E-state index in [4.69, 9.17) is 11.6 Å². The van der Waals surface area contributed by atoms with Crippen LogP contribution in [0.25, 0.3) is 0 Å². The highest BCUT2D eigenvalue weighted by Crippen LogP contribution is 2.36. The van der Waals surface area contributed by atoms with Crippen LogP contribution in [0.3, 0.4) is 0 Å². The second-order valence-corrected chi connectivity index (χ2v) is 7.51. The van der Waals surface area contributed by atoms with Crippen molar-refractivity contribution in [3.8, 4) is 0 Å². The maximum absolute atomic E-state index is 14.5. The predicted octanol–water partition coefficient (Wildman–Crippen LogP) is 2.99. The number of hydrogen-bond donors (Lipinski definition) is 3. The van der Waals surface area contributed by atoms with Gasteiger partial charge >= 0.3 is 0 Å². The van der Waals surface area contributed by atoms with Crippen molar-refractivity contribution in [2.24, 2.45) is 0 Å². The fourth-order valence-corrected chi connectivity index (χ4v) is 3.14. The largest absolute Gasteiger partial charge is 0.353 e. The van der Waals surface area contributed by atoms with Gasteiger partial charge in [-0.3, -0.25) is 14.6 Å². The average molecular weight is 441 g/mol. The quantitative estimate of drug-likeness (QED) is 0.521. The molecule has 1 aromatic carbocycles. The molecule has 0 spiro atoms. The molecule has 1 fully saturated rings. The Bertz CT molecular complexity index is 1120. The molecule has 3 N–H and O–H groups in total. The van der Waals surface area contributed by atoms with Gasteiger partial charge in [-0.15, -0.1) is 0 Å². The van der Waals surface area contributed by atoms with Crippen LogP contribution in [0.2, 0.25) is 5.02 Å². The van der Waals surface area contributed by atoms with Crippen LogP contribution in [0.4, 0.5) is 15.8 Å². The Morgan fingerprint density at radius 3 is 2.55 bits per heavy atom. The number of pyridine rings is 1. The number of nitrogens with zero attached hydrogens (tertiary/aromatic N) is 3. The minimum absolute atomic E-state index is 0.0802. The van der Waals surface area contributed by atoms with E-state index in [0.717, 1.165) is 0 Å². The SMILES string of the molecule is O=C(NC1(C(=O)NCc2ncc(Nc3ccccc3Cl)cc2F)CC1)c1cncnc1. The number of para-hydroxylation sites is 1. The molecule has 31 heavy (non-hydrogen) atoms. The zero-order valence-corrected chi connectivity index (χ0v) is 17.0. The summed E-state index contributed by atoms with van der Waals surface area (Å²) < 4.78 is 14.5. The van der Waals surface area contributed by atoms with Crippen molar-refractivity contribution in [2.75, 3.05) is 5.32 Å². The summed E-state index contributed by atoms with van der Waals surface area (Å²) in [4.78, 5) is 36.5. The molecule has 10 heteroatoms. The van der Waals surface area contributed by atoms with Gasteiger partial charge in [0.25, 0.3) is 5.91 Å². The molecule has 0 unspecified atom stereocenters. The zero-order chi connectivity index (χ0) is 21.8. The number of carbonyl (C=O) groups is 2. The van der Waals surface area contributed by atoms with Crippen molar-refractivity contribution in [1.82, 2.24) is 25.6 Å². The highest BCUT2D eigenvalue weighted by Gasteiger charge is 2.51. The van der Waals surface area contributed by atoms with E-state index >= 15 is 0 Å². The molecule has 158 valence electrons. The Morgan fingerprint density at radius 2 is 1.87 bits per heavy atom. The third kappa shape index (κ3) is 4.77. The van der Waals surface area contributed by atoms with E-state index in [0.29, 0.717) is 29.2 Å². The number of halogens is 2. The molecule has 2 heterocycles. The molecule has 4 rings (SSSR count). The Balaban J connectivity index is 1.36. The fourth-order valence-electron chi connectivity index (χ4n) is 2.96. The van der Waals surface area contributed by atoms with Gasteiger partial charge in [0.05, 0.1) is 40.4 Å².